The molecule has 0 N–H and O–H groups in total. The molecule has 0 atom stereocenters. The molecule has 0 fully saturated rings. The highest BCUT2D eigenvalue weighted by molar-refractivity contribution is 9.10. The Hall–Kier alpha value is -1.55. The molecule has 0 amide bonds. The van der Waals surface area contributed by atoms with E-state index in [1.807, 2.05) is 42.5 Å². The number of rotatable bonds is 3. The van der Waals surface area contributed by atoms with E-state index in [1.165, 1.54) is 0 Å². The van der Waals surface area contributed by atoms with E-state index in [1.54, 1.807) is 12.3 Å². The molecule has 5 heteroatoms. The predicted octanol–water partition coefficient (Wildman–Crippen LogP) is 6.79. The summed E-state index contributed by atoms with van der Waals surface area (Å²) in [5.41, 5.74) is 2.67. The molecule has 0 aliphatic heterocycles. The van der Waals surface area contributed by atoms with Gasteiger partial charge < -0.3 is 4.74 Å². The van der Waals surface area contributed by atoms with Crippen molar-refractivity contribution in [2.45, 2.75) is 0 Å². The van der Waals surface area contributed by atoms with Gasteiger partial charge in [0.25, 0.3) is 0 Å². The van der Waals surface area contributed by atoms with E-state index in [2.05, 4.69) is 27.8 Å². The average molecular weight is 408 g/mol. The Bertz CT molecular complexity index is 830. The molecule has 1 aromatic heterocycles. The number of ether oxygens (including phenoxy) is 1. The van der Waals surface area contributed by atoms with Crippen LogP contribution in [-0.4, -0.2) is 4.98 Å². The molecule has 1 radical (unpaired) electrons. The molecule has 2 nitrogen and oxygen atoms in total. The van der Waals surface area contributed by atoms with E-state index in [-0.39, 0.29) is 0 Å². The summed E-state index contributed by atoms with van der Waals surface area (Å²) < 4.78 is 6.60. The molecule has 0 aliphatic rings. The van der Waals surface area contributed by atoms with Crippen LogP contribution in [0, 0.1) is 6.92 Å². The Labute approximate surface area is 153 Å². The smallest absolute Gasteiger partial charge is 0.145 e. The number of pyridine rings is 1. The van der Waals surface area contributed by atoms with Crippen LogP contribution in [0.25, 0.3) is 11.1 Å². The van der Waals surface area contributed by atoms with Gasteiger partial charge in [0.1, 0.15) is 16.1 Å². The number of aromatic nitrogens is 1. The summed E-state index contributed by atoms with van der Waals surface area (Å²) >= 11 is 15.5. The SMILES string of the molecule is [CH2]c1cc(Oc2ccc(Br)nc2)cc(-c2cc(Cl)cc(Cl)c2)c1. The molecule has 0 saturated heterocycles. The van der Waals surface area contributed by atoms with E-state index in [9.17, 15) is 0 Å². The fraction of sp³-hybridized carbons (Fsp3) is 0. The zero-order chi connectivity index (χ0) is 16.4. The second-order valence-electron chi connectivity index (χ2n) is 4.94. The van der Waals surface area contributed by atoms with Gasteiger partial charge in [-0.05, 0) is 82.0 Å². The van der Waals surface area contributed by atoms with Crippen LogP contribution in [0.1, 0.15) is 5.56 Å². The second-order valence-corrected chi connectivity index (χ2v) is 6.63. The van der Waals surface area contributed by atoms with Gasteiger partial charge >= 0.3 is 0 Å². The lowest BCUT2D eigenvalue weighted by atomic mass is 10.0. The Morgan fingerprint density at radius 1 is 0.870 bits per heavy atom. The van der Waals surface area contributed by atoms with Crippen molar-refractivity contribution in [1.29, 1.82) is 0 Å². The summed E-state index contributed by atoms with van der Waals surface area (Å²) in [5.74, 6) is 1.32. The molecule has 0 spiro atoms. The molecule has 1 heterocycles. The summed E-state index contributed by atoms with van der Waals surface area (Å²) in [4.78, 5) is 4.14. The lowest BCUT2D eigenvalue weighted by molar-refractivity contribution is 0.480. The molecular formula is C18H11BrCl2NO. The van der Waals surface area contributed by atoms with Crippen molar-refractivity contribution < 1.29 is 4.74 Å². The molecule has 23 heavy (non-hydrogen) atoms. The van der Waals surface area contributed by atoms with E-state index in [0.717, 1.165) is 21.3 Å². The van der Waals surface area contributed by atoms with Crippen LogP contribution in [0.3, 0.4) is 0 Å². The van der Waals surface area contributed by atoms with Gasteiger partial charge in [0, 0.05) is 10.0 Å². The zero-order valence-electron chi connectivity index (χ0n) is 11.9. The molecule has 3 rings (SSSR count). The molecule has 115 valence electrons. The Morgan fingerprint density at radius 3 is 2.22 bits per heavy atom. The fourth-order valence-electron chi connectivity index (χ4n) is 2.17. The summed E-state index contributed by atoms with van der Waals surface area (Å²) in [7, 11) is 0. The summed E-state index contributed by atoms with van der Waals surface area (Å²) in [6.45, 7) is 4.00. The van der Waals surface area contributed by atoms with E-state index in [4.69, 9.17) is 27.9 Å². The molecule has 0 bridgehead atoms. The first-order chi connectivity index (χ1) is 11.0. The summed E-state index contributed by atoms with van der Waals surface area (Å²) in [6, 6.07) is 14.8. The first kappa shape index (κ1) is 16.3. The average Bonchev–Trinajstić information content (AvgIpc) is 2.48. The highest BCUT2D eigenvalue weighted by atomic mass is 79.9. The van der Waals surface area contributed by atoms with Gasteiger partial charge in [0.2, 0.25) is 0 Å². The standard InChI is InChI=1S/C18H11BrCl2NO/c1-11-4-12(13-6-14(20)9-15(21)7-13)8-17(5-11)23-16-2-3-18(19)22-10-16/h2-10H,1H2. The van der Waals surface area contributed by atoms with Crippen molar-refractivity contribution in [2.75, 3.05) is 0 Å². The lowest BCUT2D eigenvalue weighted by Gasteiger charge is -2.10. The van der Waals surface area contributed by atoms with Crippen LogP contribution in [-0.2, 0) is 0 Å². The van der Waals surface area contributed by atoms with Crippen LogP contribution in [0.4, 0.5) is 0 Å². The van der Waals surface area contributed by atoms with Crippen molar-refractivity contribution in [3.05, 3.63) is 81.9 Å². The number of hydrogen-bond donors (Lipinski definition) is 0. The van der Waals surface area contributed by atoms with Crippen molar-refractivity contribution >= 4 is 39.1 Å². The zero-order valence-corrected chi connectivity index (χ0v) is 15.0. The maximum Gasteiger partial charge on any atom is 0.145 e. The van der Waals surface area contributed by atoms with Crippen molar-refractivity contribution in [3.63, 3.8) is 0 Å². The van der Waals surface area contributed by atoms with Gasteiger partial charge in [0.15, 0.2) is 0 Å². The van der Waals surface area contributed by atoms with Crippen LogP contribution in [0.5, 0.6) is 11.5 Å². The minimum atomic E-state index is 0.585. The van der Waals surface area contributed by atoms with E-state index in [0.29, 0.717) is 21.5 Å². The van der Waals surface area contributed by atoms with E-state index < -0.39 is 0 Å². The molecular weight excluding hydrogens is 397 g/mol. The Morgan fingerprint density at radius 2 is 1.57 bits per heavy atom. The third kappa shape index (κ3) is 4.25. The highest BCUT2D eigenvalue weighted by Crippen LogP contribution is 2.32. The molecule has 0 saturated carbocycles. The second kappa shape index (κ2) is 6.91. The molecule has 3 aromatic rings. The predicted molar refractivity (Wildman–Crippen MR) is 98.4 cm³/mol. The minimum absolute atomic E-state index is 0.585. The summed E-state index contributed by atoms with van der Waals surface area (Å²) in [5, 5.41) is 1.17. The number of benzene rings is 2. The van der Waals surface area contributed by atoms with Gasteiger partial charge in [-0.15, -0.1) is 0 Å². The van der Waals surface area contributed by atoms with Crippen LogP contribution in [0.2, 0.25) is 10.0 Å². The van der Waals surface area contributed by atoms with Gasteiger partial charge in [-0.3, -0.25) is 0 Å². The maximum atomic E-state index is 6.08. The Balaban J connectivity index is 1.97. The summed E-state index contributed by atoms with van der Waals surface area (Å²) in [6.07, 6.45) is 1.65. The quantitative estimate of drug-likeness (QED) is 0.445. The normalized spacial score (nSPS) is 10.6. The molecule has 0 unspecified atom stereocenters. The van der Waals surface area contributed by atoms with Crippen LogP contribution < -0.4 is 4.74 Å². The third-order valence-electron chi connectivity index (χ3n) is 3.10. The fourth-order valence-corrected chi connectivity index (χ4v) is 2.93. The molecule has 2 aromatic carbocycles. The first-order valence-corrected chi connectivity index (χ1v) is 8.27. The molecule has 0 aliphatic carbocycles. The van der Waals surface area contributed by atoms with Crippen molar-refractivity contribution in [3.8, 4) is 22.6 Å². The minimum Gasteiger partial charge on any atom is -0.456 e. The Kier molecular flexibility index (Phi) is 4.90. The van der Waals surface area contributed by atoms with Gasteiger partial charge in [-0.1, -0.05) is 29.3 Å². The first-order valence-electron chi connectivity index (χ1n) is 6.72. The third-order valence-corrected chi connectivity index (χ3v) is 4.00. The lowest BCUT2D eigenvalue weighted by Crippen LogP contribution is -1.88. The largest absolute Gasteiger partial charge is 0.456 e. The van der Waals surface area contributed by atoms with Gasteiger partial charge in [-0.2, -0.15) is 0 Å². The highest BCUT2D eigenvalue weighted by Gasteiger charge is 2.06. The van der Waals surface area contributed by atoms with E-state index >= 15 is 0 Å². The number of nitrogens with zero attached hydrogens (tertiary/aromatic N) is 1. The number of hydrogen-bond acceptors (Lipinski definition) is 2. The van der Waals surface area contributed by atoms with Gasteiger partial charge in [0.05, 0.1) is 6.20 Å². The topological polar surface area (TPSA) is 22.1 Å². The van der Waals surface area contributed by atoms with Crippen LogP contribution in [0.15, 0.2) is 59.3 Å². The maximum absolute atomic E-state index is 6.08. The van der Waals surface area contributed by atoms with Crippen molar-refractivity contribution in [1.82, 2.24) is 4.98 Å². The van der Waals surface area contributed by atoms with Gasteiger partial charge in [-0.25, -0.2) is 4.98 Å². The van der Waals surface area contributed by atoms with Crippen LogP contribution >= 0.6 is 39.1 Å². The number of halogens is 3. The monoisotopic (exact) mass is 406 g/mol. The van der Waals surface area contributed by atoms with Crippen molar-refractivity contribution in [2.24, 2.45) is 0 Å².